The minimum atomic E-state index is -0.371. The Bertz CT molecular complexity index is 794. The monoisotopic (exact) mass is 298 g/mol. The van der Waals surface area contributed by atoms with Gasteiger partial charge in [0, 0.05) is 30.6 Å². The molecule has 2 heterocycles. The summed E-state index contributed by atoms with van der Waals surface area (Å²) < 4.78 is 6.76. The minimum Gasteiger partial charge on any atom is -0.423 e. The van der Waals surface area contributed by atoms with Crippen LogP contribution in [-0.4, -0.2) is 26.0 Å². The average Bonchev–Trinajstić information content (AvgIpc) is 3.13. The van der Waals surface area contributed by atoms with E-state index in [-0.39, 0.29) is 6.03 Å². The number of aromatic nitrogens is 4. The second-order valence-electron chi connectivity index (χ2n) is 4.73. The molecule has 2 aromatic heterocycles. The fourth-order valence-corrected chi connectivity index (χ4v) is 1.94. The van der Waals surface area contributed by atoms with E-state index in [1.165, 1.54) is 6.39 Å². The van der Waals surface area contributed by atoms with Crippen LogP contribution in [0.2, 0.25) is 0 Å². The van der Waals surface area contributed by atoms with Crippen LogP contribution in [0.25, 0.3) is 11.5 Å². The molecular weight excluding hydrogens is 284 g/mol. The minimum absolute atomic E-state index is 0.371. The van der Waals surface area contributed by atoms with Crippen LogP contribution < -0.4 is 10.6 Å². The van der Waals surface area contributed by atoms with E-state index < -0.39 is 0 Å². The van der Waals surface area contributed by atoms with E-state index in [0.717, 1.165) is 11.1 Å². The fraction of sp³-hybridized carbons (Fsp3) is 0.143. The van der Waals surface area contributed by atoms with Gasteiger partial charge in [0.1, 0.15) is 0 Å². The fourth-order valence-electron chi connectivity index (χ4n) is 1.94. The first-order valence-electron chi connectivity index (χ1n) is 6.56. The van der Waals surface area contributed by atoms with Gasteiger partial charge < -0.3 is 9.73 Å². The molecule has 1 aromatic carbocycles. The van der Waals surface area contributed by atoms with E-state index in [2.05, 4.69) is 25.9 Å². The van der Waals surface area contributed by atoms with Gasteiger partial charge in [-0.3, -0.25) is 10.00 Å². The summed E-state index contributed by atoms with van der Waals surface area (Å²) in [5, 5.41) is 17.0. The summed E-state index contributed by atoms with van der Waals surface area (Å²) >= 11 is 0. The number of nitrogens with zero attached hydrogens (tertiary/aromatic N) is 4. The number of aryl methyl sites for hydroxylation is 2. The number of hydrogen-bond acceptors (Lipinski definition) is 5. The molecule has 0 aliphatic heterocycles. The Morgan fingerprint density at radius 3 is 2.82 bits per heavy atom. The van der Waals surface area contributed by atoms with Gasteiger partial charge in [-0.05, 0) is 24.6 Å². The lowest BCUT2D eigenvalue weighted by Gasteiger charge is -2.09. The van der Waals surface area contributed by atoms with Gasteiger partial charge in [-0.15, -0.1) is 10.2 Å². The standard InChI is InChI=1S/C14H14N6O2/c1-9-3-4-10(13-18-15-8-22-13)7-11(9)16-14(21)17-12-5-6-20(2)19-12/h3-8H,1-2H3,(H2,16,17,19,21). The van der Waals surface area contributed by atoms with Crippen molar-refractivity contribution in [1.82, 2.24) is 20.0 Å². The van der Waals surface area contributed by atoms with Crippen LogP contribution in [0, 0.1) is 6.92 Å². The molecule has 3 aromatic rings. The zero-order chi connectivity index (χ0) is 15.5. The zero-order valence-corrected chi connectivity index (χ0v) is 12.1. The highest BCUT2D eigenvalue weighted by atomic mass is 16.4. The second-order valence-corrected chi connectivity index (χ2v) is 4.73. The highest BCUT2D eigenvalue weighted by Crippen LogP contribution is 2.23. The molecule has 0 aliphatic carbocycles. The molecule has 22 heavy (non-hydrogen) atoms. The predicted molar refractivity (Wildman–Crippen MR) is 80.3 cm³/mol. The number of amides is 2. The smallest absolute Gasteiger partial charge is 0.324 e. The van der Waals surface area contributed by atoms with Crippen LogP contribution >= 0.6 is 0 Å². The Kier molecular flexibility index (Phi) is 3.57. The van der Waals surface area contributed by atoms with Gasteiger partial charge in [0.25, 0.3) is 0 Å². The molecule has 0 fully saturated rings. The van der Waals surface area contributed by atoms with Gasteiger partial charge >= 0.3 is 6.03 Å². The number of urea groups is 1. The quantitative estimate of drug-likeness (QED) is 0.773. The molecule has 2 N–H and O–H groups in total. The molecule has 0 unspecified atom stereocenters. The van der Waals surface area contributed by atoms with Crippen molar-refractivity contribution in [3.8, 4) is 11.5 Å². The number of carbonyl (C=O) groups excluding carboxylic acids is 1. The van der Waals surface area contributed by atoms with Crippen molar-refractivity contribution in [3.63, 3.8) is 0 Å². The maximum Gasteiger partial charge on any atom is 0.324 e. The number of anilines is 2. The van der Waals surface area contributed by atoms with Crippen LogP contribution in [0.5, 0.6) is 0 Å². The van der Waals surface area contributed by atoms with Gasteiger partial charge in [0.05, 0.1) is 0 Å². The van der Waals surface area contributed by atoms with E-state index in [0.29, 0.717) is 17.4 Å². The third kappa shape index (κ3) is 2.95. The van der Waals surface area contributed by atoms with Crippen LogP contribution in [0.3, 0.4) is 0 Å². The zero-order valence-electron chi connectivity index (χ0n) is 12.1. The molecular formula is C14H14N6O2. The Morgan fingerprint density at radius 2 is 2.14 bits per heavy atom. The van der Waals surface area contributed by atoms with E-state index in [1.807, 2.05) is 19.1 Å². The molecule has 0 saturated carbocycles. The van der Waals surface area contributed by atoms with E-state index in [4.69, 9.17) is 4.42 Å². The average molecular weight is 298 g/mol. The molecule has 3 rings (SSSR count). The van der Waals surface area contributed by atoms with Crippen molar-refractivity contribution in [3.05, 3.63) is 42.4 Å². The lowest BCUT2D eigenvalue weighted by atomic mass is 10.1. The summed E-state index contributed by atoms with van der Waals surface area (Å²) in [4.78, 5) is 12.0. The third-order valence-electron chi connectivity index (χ3n) is 3.05. The SMILES string of the molecule is Cc1ccc(-c2nnco2)cc1NC(=O)Nc1ccn(C)n1. The molecule has 112 valence electrons. The van der Waals surface area contributed by atoms with Gasteiger partial charge in [0.15, 0.2) is 5.82 Å². The molecule has 0 bridgehead atoms. The summed E-state index contributed by atoms with van der Waals surface area (Å²) in [6, 6.07) is 6.84. The van der Waals surface area contributed by atoms with Crippen LogP contribution in [0.1, 0.15) is 5.56 Å². The number of nitrogens with one attached hydrogen (secondary N) is 2. The van der Waals surface area contributed by atoms with E-state index >= 15 is 0 Å². The summed E-state index contributed by atoms with van der Waals surface area (Å²) in [7, 11) is 1.78. The largest absolute Gasteiger partial charge is 0.423 e. The lowest BCUT2D eigenvalue weighted by molar-refractivity contribution is 0.262. The van der Waals surface area contributed by atoms with Crippen LogP contribution in [0.4, 0.5) is 16.3 Å². The number of hydrogen-bond donors (Lipinski definition) is 2. The molecule has 8 nitrogen and oxygen atoms in total. The van der Waals surface area contributed by atoms with Crippen molar-refractivity contribution in [2.75, 3.05) is 10.6 Å². The van der Waals surface area contributed by atoms with Gasteiger partial charge in [-0.25, -0.2) is 4.79 Å². The Hall–Kier alpha value is -3.16. The van der Waals surface area contributed by atoms with Crippen molar-refractivity contribution < 1.29 is 9.21 Å². The molecule has 8 heteroatoms. The summed E-state index contributed by atoms with van der Waals surface area (Å²) in [6.07, 6.45) is 3.01. The molecule has 0 aliphatic rings. The van der Waals surface area contributed by atoms with Crippen molar-refractivity contribution in [2.24, 2.45) is 7.05 Å². The first-order chi connectivity index (χ1) is 10.6. The Labute approximate surface area is 126 Å². The van der Waals surface area contributed by atoms with E-state index in [1.54, 1.807) is 30.1 Å². The van der Waals surface area contributed by atoms with Gasteiger partial charge in [-0.2, -0.15) is 5.10 Å². The number of rotatable bonds is 3. The highest BCUT2D eigenvalue weighted by molar-refractivity contribution is 5.99. The van der Waals surface area contributed by atoms with Crippen molar-refractivity contribution >= 4 is 17.5 Å². The Morgan fingerprint density at radius 1 is 1.27 bits per heavy atom. The van der Waals surface area contributed by atoms with Gasteiger partial charge in [-0.1, -0.05) is 6.07 Å². The van der Waals surface area contributed by atoms with Crippen molar-refractivity contribution in [1.29, 1.82) is 0 Å². The predicted octanol–water partition coefficient (Wildman–Crippen LogP) is 2.42. The highest BCUT2D eigenvalue weighted by Gasteiger charge is 2.10. The summed E-state index contributed by atoms with van der Waals surface area (Å²) in [6.45, 7) is 1.90. The summed E-state index contributed by atoms with van der Waals surface area (Å²) in [5.74, 6) is 0.874. The van der Waals surface area contributed by atoms with Crippen LogP contribution in [-0.2, 0) is 7.05 Å². The molecule has 2 amide bonds. The lowest BCUT2D eigenvalue weighted by Crippen LogP contribution is -2.20. The second kappa shape index (κ2) is 5.68. The van der Waals surface area contributed by atoms with Crippen molar-refractivity contribution in [2.45, 2.75) is 6.92 Å². The third-order valence-corrected chi connectivity index (χ3v) is 3.05. The first kappa shape index (κ1) is 13.8. The molecule has 0 saturated heterocycles. The molecule has 0 spiro atoms. The van der Waals surface area contributed by atoms with E-state index in [9.17, 15) is 4.79 Å². The number of benzene rings is 1. The Balaban J connectivity index is 1.76. The molecule has 0 radical (unpaired) electrons. The number of carbonyl (C=O) groups is 1. The maximum atomic E-state index is 12.0. The normalized spacial score (nSPS) is 10.5. The molecule has 0 atom stereocenters. The van der Waals surface area contributed by atoms with Crippen LogP contribution in [0.15, 0.2) is 41.3 Å². The first-order valence-corrected chi connectivity index (χ1v) is 6.56. The topological polar surface area (TPSA) is 97.9 Å². The maximum absolute atomic E-state index is 12.0. The van der Waals surface area contributed by atoms with Gasteiger partial charge in [0.2, 0.25) is 12.3 Å². The summed E-state index contributed by atoms with van der Waals surface area (Å²) in [5.41, 5.74) is 2.31.